The number of nitrogens with two attached hydrogens (primary N) is 1. The topological polar surface area (TPSA) is 106 Å². The summed E-state index contributed by atoms with van der Waals surface area (Å²) in [6.45, 7) is 6.68. The second-order valence-corrected chi connectivity index (χ2v) is 11.0. The van der Waals surface area contributed by atoms with Crippen molar-refractivity contribution >= 4 is 34.3 Å². The van der Waals surface area contributed by atoms with E-state index in [1.807, 2.05) is 47.3 Å². The zero-order chi connectivity index (χ0) is 28.6. The Kier molecular flexibility index (Phi) is 7.32. The smallest absolute Gasteiger partial charge is 0.295 e. The molecule has 6 rings (SSSR count). The lowest BCUT2D eigenvalue weighted by molar-refractivity contribution is -0.0736. The van der Waals surface area contributed by atoms with Crippen molar-refractivity contribution in [3.63, 3.8) is 0 Å². The maximum Gasteiger partial charge on any atom is 0.295 e. The molecule has 1 saturated heterocycles. The van der Waals surface area contributed by atoms with Crippen LogP contribution in [0.15, 0.2) is 79.0 Å². The van der Waals surface area contributed by atoms with Crippen LogP contribution in [0.5, 0.6) is 6.01 Å². The molecule has 1 aliphatic carbocycles. The van der Waals surface area contributed by atoms with Gasteiger partial charge in [0.05, 0.1) is 28.3 Å². The molecule has 9 heteroatoms. The van der Waals surface area contributed by atoms with Crippen molar-refractivity contribution in [2.75, 3.05) is 18.2 Å². The molecular weight excluding hydrogens is 538 g/mol. The summed E-state index contributed by atoms with van der Waals surface area (Å²) >= 11 is 6.72. The molecule has 1 aromatic heterocycles. The van der Waals surface area contributed by atoms with Gasteiger partial charge in [-0.05, 0) is 67.1 Å². The molecule has 4 aromatic rings. The first-order chi connectivity index (χ1) is 19.9. The molecule has 1 aliphatic heterocycles. The largest absolute Gasteiger partial charge is 0.457 e. The molecule has 41 heavy (non-hydrogen) atoms. The van der Waals surface area contributed by atoms with E-state index in [4.69, 9.17) is 26.8 Å². The van der Waals surface area contributed by atoms with E-state index in [1.54, 1.807) is 13.0 Å². The number of nitrogens with zero attached hydrogens (tertiary/aromatic N) is 2. The summed E-state index contributed by atoms with van der Waals surface area (Å²) in [6, 6.07) is 20.6. The summed E-state index contributed by atoms with van der Waals surface area (Å²) in [5.41, 5.74) is 15.7. The zero-order valence-corrected chi connectivity index (χ0v) is 23.6. The van der Waals surface area contributed by atoms with Crippen LogP contribution in [0, 0.1) is 5.92 Å². The van der Waals surface area contributed by atoms with Gasteiger partial charge in [-0.15, -0.1) is 6.58 Å². The van der Waals surface area contributed by atoms with E-state index in [2.05, 4.69) is 46.2 Å². The minimum absolute atomic E-state index is 0.231. The predicted molar refractivity (Wildman–Crippen MR) is 162 cm³/mol. The van der Waals surface area contributed by atoms with Crippen molar-refractivity contribution in [1.29, 1.82) is 0 Å². The lowest BCUT2D eigenvalue weighted by atomic mass is 9.99. The van der Waals surface area contributed by atoms with Gasteiger partial charge in [-0.3, -0.25) is 10.4 Å². The van der Waals surface area contributed by atoms with Crippen LogP contribution in [0.1, 0.15) is 26.2 Å². The van der Waals surface area contributed by atoms with E-state index in [1.165, 1.54) is 0 Å². The summed E-state index contributed by atoms with van der Waals surface area (Å²) in [6.07, 6.45) is 4.36. The zero-order valence-electron chi connectivity index (χ0n) is 22.8. The Bertz CT molecular complexity index is 1630. The van der Waals surface area contributed by atoms with Gasteiger partial charge in [0.15, 0.2) is 5.72 Å². The number of benzene rings is 3. The van der Waals surface area contributed by atoms with E-state index in [-0.39, 0.29) is 6.10 Å². The normalized spacial score (nSPS) is 21.3. The van der Waals surface area contributed by atoms with Crippen LogP contribution < -0.4 is 20.9 Å². The molecule has 0 unspecified atom stereocenters. The fourth-order valence-electron chi connectivity index (χ4n) is 5.84. The molecule has 0 radical (unpaired) electrons. The second-order valence-electron chi connectivity index (χ2n) is 10.6. The number of hydrogen-bond acceptors (Lipinski definition) is 7. The number of anilines is 1. The SMILES string of the molecule is C=CCN(NC(C)=C=O)c1ccc(-c2ccc(-c3cc4nc(O[C@@H]5CC[C@@H]6CCO[C@@]65N)[nH]c4cc3Cl)cc2)cc1. The third kappa shape index (κ3) is 5.23. The minimum Gasteiger partial charge on any atom is -0.457 e. The third-order valence-corrected chi connectivity index (χ3v) is 8.33. The highest BCUT2D eigenvalue weighted by Gasteiger charge is 2.53. The number of nitrogens with one attached hydrogen (secondary N) is 2. The Hall–Kier alpha value is -4.07. The Labute approximate surface area is 243 Å². The van der Waals surface area contributed by atoms with Gasteiger partial charge in [-0.25, -0.2) is 4.79 Å². The van der Waals surface area contributed by atoms with Crippen LogP contribution in [0.3, 0.4) is 0 Å². The summed E-state index contributed by atoms with van der Waals surface area (Å²) in [4.78, 5) is 18.9. The van der Waals surface area contributed by atoms with E-state index in [9.17, 15) is 4.79 Å². The van der Waals surface area contributed by atoms with Crippen molar-refractivity contribution in [3.8, 4) is 28.3 Å². The van der Waals surface area contributed by atoms with Crippen LogP contribution in [0.4, 0.5) is 5.69 Å². The Balaban J connectivity index is 1.20. The fourth-order valence-corrected chi connectivity index (χ4v) is 6.11. The number of rotatable bonds is 9. The molecule has 3 aromatic carbocycles. The molecule has 2 fully saturated rings. The van der Waals surface area contributed by atoms with E-state index >= 15 is 0 Å². The number of allylic oxidation sites excluding steroid dienone is 1. The molecule has 0 amide bonds. The maximum absolute atomic E-state index is 10.9. The Morgan fingerprint density at radius 1 is 1.20 bits per heavy atom. The molecule has 0 bridgehead atoms. The molecule has 1 saturated carbocycles. The maximum atomic E-state index is 10.9. The van der Waals surface area contributed by atoms with Crippen LogP contribution in [0.25, 0.3) is 33.3 Å². The predicted octanol–water partition coefficient (Wildman–Crippen LogP) is 6.02. The van der Waals surface area contributed by atoms with Gasteiger partial charge in [0.1, 0.15) is 17.7 Å². The van der Waals surface area contributed by atoms with Crippen molar-refractivity contribution in [1.82, 2.24) is 15.4 Å². The van der Waals surface area contributed by atoms with Crippen LogP contribution in [-0.4, -0.2) is 40.9 Å². The average Bonchev–Trinajstić information content (AvgIpc) is 3.65. The highest BCUT2D eigenvalue weighted by Crippen LogP contribution is 2.43. The summed E-state index contributed by atoms with van der Waals surface area (Å²) < 4.78 is 12.1. The molecule has 4 N–H and O–H groups in total. The quantitative estimate of drug-likeness (QED) is 0.129. The fraction of sp³-hybridized carbons (Fsp3) is 0.281. The number of carbonyl (C=O) groups excluding carboxylic acids is 1. The molecule has 0 spiro atoms. The van der Waals surface area contributed by atoms with Crippen molar-refractivity contribution < 1.29 is 14.3 Å². The Morgan fingerprint density at radius 2 is 1.90 bits per heavy atom. The number of H-pyrrole nitrogens is 1. The monoisotopic (exact) mass is 569 g/mol. The van der Waals surface area contributed by atoms with Gasteiger partial charge in [-0.2, -0.15) is 4.98 Å². The number of hydrazine groups is 1. The number of fused-ring (bicyclic) bond motifs is 2. The molecule has 210 valence electrons. The van der Waals surface area contributed by atoms with E-state index in [0.717, 1.165) is 58.2 Å². The van der Waals surface area contributed by atoms with Gasteiger partial charge in [-0.1, -0.05) is 54.1 Å². The highest BCUT2D eigenvalue weighted by atomic mass is 35.5. The van der Waals surface area contributed by atoms with Gasteiger partial charge in [0.25, 0.3) is 6.01 Å². The Morgan fingerprint density at radius 3 is 2.61 bits per heavy atom. The first kappa shape index (κ1) is 27.1. The van der Waals surface area contributed by atoms with Gasteiger partial charge >= 0.3 is 0 Å². The van der Waals surface area contributed by atoms with Gasteiger partial charge in [0, 0.05) is 18.1 Å². The van der Waals surface area contributed by atoms with E-state index in [0.29, 0.717) is 35.8 Å². The van der Waals surface area contributed by atoms with Gasteiger partial charge in [0.2, 0.25) is 0 Å². The van der Waals surface area contributed by atoms with Crippen LogP contribution in [-0.2, 0) is 9.53 Å². The van der Waals surface area contributed by atoms with Crippen molar-refractivity contribution in [2.45, 2.75) is 38.0 Å². The number of ether oxygens (including phenoxy) is 2. The van der Waals surface area contributed by atoms with E-state index < -0.39 is 5.72 Å². The lowest BCUT2D eigenvalue weighted by Crippen LogP contribution is -2.53. The molecule has 8 nitrogen and oxygen atoms in total. The number of aromatic amines is 1. The van der Waals surface area contributed by atoms with Gasteiger partial charge < -0.3 is 20.2 Å². The lowest BCUT2D eigenvalue weighted by Gasteiger charge is -2.29. The molecular formula is C32H32ClN5O3. The van der Waals surface area contributed by atoms with Crippen molar-refractivity contribution in [3.05, 3.63) is 84.0 Å². The summed E-state index contributed by atoms with van der Waals surface area (Å²) in [5.74, 6) is 2.20. The van der Waals surface area contributed by atoms with Crippen LogP contribution in [0.2, 0.25) is 5.02 Å². The number of imidazole rings is 1. The second kappa shape index (κ2) is 11.1. The number of hydrogen-bond donors (Lipinski definition) is 3. The molecule has 2 aliphatic rings. The highest BCUT2D eigenvalue weighted by molar-refractivity contribution is 6.34. The molecule has 3 atom stereocenters. The molecule has 2 heterocycles. The van der Waals surface area contributed by atoms with Crippen molar-refractivity contribution in [2.24, 2.45) is 11.7 Å². The number of aromatic nitrogens is 2. The minimum atomic E-state index is -0.738. The standard InChI is InChI=1S/C32H32ClN5O3/c1-3-15-38(37-20(2)19-39)25-11-8-22(9-12-25)21-4-6-23(7-5-21)26-17-28-29(18-27(26)33)36-31(35-28)41-30-13-10-24-14-16-40-32(24,30)34/h3-9,11-12,17-18,24,30,37H,1,10,13-16,34H2,2H3,(H,35,36)/t24-,30-,32+/m1/s1. The van der Waals surface area contributed by atoms with Crippen LogP contribution >= 0.6 is 11.6 Å². The first-order valence-corrected chi connectivity index (χ1v) is 14.1. The first-order valence-electron chi connectivity index (χ1n) is 13.7. The summed E-state index contributed by atoms with van der Waals surface area (Å²) in [5, 5.41) is 2.46. The average molecular weight is 570 g/mol. The summed E-state index contributed by atoms with van der Waals surface area (Å²) in [7, 11) is 0. The number of halogens is 1. The third-order valence-electron chi connectivity index (χ3n) is 8.02.